The first-order chi connectivity index (χ1) is 9.40. The van der Waals surface area contributed by atoms with Crippen molar-refractivity contribution in [2.45, 2.75) is 18.1 Å². The highest BCUT2D eigenvalue weighted by Gasteiger charge is 2.28. The van der Waals surface area contributed by atoms with E-state index in [1.165, 1.54) is 18.2 Å². The van der Waals surface area contributed by atoms with E-state index in [1.807, 2.05) is 0 Å². The zero-order valence-corrected chi connectivity index (χ0v) is 12.1. The molecule has 0 saturated carbocycles. The quantitative estimate of drug-likeness (QED) is 0.885. The van der Waals surface area contributed by atoms with Crippen LogP contribution >= 0.6 is 11.6 Å². The molecular formula is C12H14ClNO5S. The molecule has 0 radical (unpaired) electrons. The lowest BCUT2D eigenvalue weighted by Crippen LogP contribution is -2.33. The van der Waals surface area contributed by atoms with Crippen molar-refractivity contribution >= 4 is 33.3 Å². The molecule has 0 aromatic heterocycles. The highest BCUT2D eigenvalue weighted by atomic mass is 35.5. The van der Waals surface area contributed by atoms with Crippen molar-refractivity contribution in [2.75, 3.05) is 17.9 Å². The normalized spacial score (nSPS) is 16.9. The molecule has 1 aliphatic rings. The number of ether oxygens (including phenoxy) is 1. The number of nitrogens with one attached hydrogen (secondary N) is 1. The number of anilines is 1. The summed E-state index contributed by atoms with van der Waals surface area (Å²) in [4.78, 5) is 11.1. The van der Waals surface area contributed by atoms with E-state index in [1.54, 1.807) is 0 Å². The number of carboxylic acid groups (broad SMARTS) is 1. The lowest BCUT2D eigenvalue weighted by atomic mass is 10.2. The average Bonchev–Trinajstić information content (AvgIpc) is 2.41. The van der Waals surface area contributed by atoms with Gasteiger partial charge in [0.25, 0.3) is 0 Å². The van der Waals surface area contributed by atoms with Crippen LogP contribution in [0.2, 0.25) is 5.02 Å². The van der Waals surface area contributed by atoms with E-state index in [4.69, 9.17) is 21.4 Å². The van der Waals surface area contributed by atoms with Gasteiger partial charge in [-0.05, 0) is 31.0 Å². The van der Waals surface area contributed by atoms with Crippen molar-refractivity contribution in [1.82, 2.24) is 0 Å². The summed E-state index contributed by atoms with van der Waals surface area (Å²) in [5, 5.41) is 8.74. The Morgan fingerprint density at radius 2 is 2.00 bits per heavy atom. The second kappa shape index (κ2) is 5.99. The van der Waals surface area contributed by atoms with Crippen LogP contribution in [0.5, 0.6) is 0 Å². The van der Waals surface area contributed by atoms with Gasteiger partial charge in [0.05, 0.1) is 16.5 Å². The Labute approximate surface area is 121 Å². The van der Waals surface area contributed by atoms with Crippen molar-refractivity contribution in [1.29, 1.82) is 0 Å². The van der Waals surface area contributed by atoms with Crippen LogP contribution in [0.25, 0.3) is 0 Å². The van der Waals surface area contributed by atoms with Crippen LogP contribution in [0, 0.1) is 0 Å². The molecular weight excluding hydrogens is 306 g/mol. The number of hydrogen-bond acceptors (Lipinski definition) is 4. The maximum atomic E-state index is 12.2. The van der Waals surface area contributed by atoms with E-state index in [2.05, 4.69) is 4.72 Å². The molecule has 0 spiro atoms. The summed E-state index contributed by atoms with van der Waals surface area (Å²) in [6, 6.07) is 4.00. The molecule has 1 fully saturated rings. The topological polar surface area (TPSA) is 92.7 Å². The Hall–Kier alpha value is -1.31. The average molecular weight is 320 g/mol. The number of halogens is 1. The molecule has 110 valence electrons. The van der Waals surface area contributed by atoms with Gasteiger partial charge in [-0.1, -0.05) is 11.6 Å². The molecule has 1 aromatic carbocycles. The summed E-state index contributed by atoms with van der Waals surface area (Å²) in [5.41, 5.74) is -0.151. The van der Waals surface area contributed by atoms with Crippen molar-refractivity contribution in [3.05, 3.63) is 28.8 Å². The zero-order valence-electron chi connectivity index (χ0n) is 10.5. The minimum Gasteiger partial charge on any atom is -0.478 e. The number of carboxylic acids is 1. The van der Waals surface area contributed by atoms with Crippen LogP contribution in [0.1, 0.15) is 23.2 Å². The van der Waals surface area contributed by atoms with Crippen LogP contribution in [-0.4, -0.2) is 38.0 Å². The second-order valence-corrected chi connectivity index (χ2v) is 6.85. The maximum Gasteiger partial charge on any atom is 0.337 e. The number of aromatic carboxylic acids is 1. The molecule has 2 N–H and O–H groups in total. The van der Waals surface area contributed by atoms with Gasteiger partial charge in [-0.3, -0.25) is 4.72 Å². The molecule has 0 aliphatic carbocycles. The van der Waals surface area contributed by atoms with Crippen molar-refractivity contribution in [2.24, 2.45) is 0 Å². The highest BCUT2D eigenvalue weighted by molar-refractivity contribution is 7.93. The molecule has 0 amide bonds. The highest BCUT2D eigenvalue weighted by Crippen LogP contribution is 2.24. The molecule has 2 rings (SSSR count). The third kappa shape index (κ3) is 3.41. The van der Waals surface area contributed by atoms with Gasteiger partial charge >= 0.3 is 5.97 Å². The van der Waals surface area contributed by atoms with Crippen molar-refractivity contribution in [3.63, 3.8) is 0 Å². The van der Waals surface area contributed by atoms with E-state index in [9.17, 15) is 13.2 Å². The molecule has 0 unspecified atom stereocenters. The first-order valence-electron chi connectivity index (χ1n) is 6.02. The molecule has 0 bridgehead atoms. The van der Waals surface area contributed by atoms with Crippen molar-refractivity contribution in [3.8, 4) is 0 Å². The molecule has 1 aromatic rings. The third-order valence-electron chi connectivity index (χ3n) is 3.07. The monoisotopic (exact) mass is 319 g/mol. The van der Waals surface area contributed by atoms with E-state index in [0.717, 1.165) is 0 Å². The van der Waals surface area contributed by atoms with E-state index >= 15 is 0 Å². The fourth-order valence-electron chi connectivity index (χ4n) is 2.01. The lowest BCUT2D eigenvalue weighted by molar-refractivity contribution is 0.0698. The fourth-order valence-corrected chi connectivity index (χ4v) is 3.64. The summed E-state index contributed by atoms with van der Waals surface area (Å²) in [6.07, 6.45) is 0.788. The molecule has 20 heavy (non-hydrogen) atoms. The van der Waals surface area contributed by atoms with Gasteiger partial charge in [0.2, 0.25) is 10.0 Å². The van der Waals surface area contributed by atoms with Gasteiger partial charge in [-0.15, -0.1) is 0 Å². The summed E-state index contributed by atoms with van der Waals surface area (Å²) in [6.45, 7) is 0.774. The van der Waals surface area contributed by atoms with Crippen molar-refractivity contribution < 1.29 is 23.1 Å². The van der Waals surface area contributed by atoms with Crippen LogP contribution in [0.3, 0.4) is 0 Å². The van der Waals surface area contributed by atoms with Crippen LogP contribution < -0.4 is 4.72 Å². The SMILES string of the molecule is O=C(O)c1cc(Cl)ccc1NS(=O)(=O)C1CCOCC1. The molecule has 8 heteroatoms. The number of carbonyl (C=O) groups is 1. The Bertz CT molecular complexity index is 610. The van der Waals surface area contributed by atoms with Gasteiger partial charge in [-0.25, -0.2) is 13.2 Å². The maximum absolute atomic E-state index is 12.2. The molecule has 0 atom stereocenters. The smallest absolute Gasteiger partial charge is 0.337 e. The van der Waals surface area contributed by atoms with Gasteiger partial charge in [-0.2, -0.15) is 0 Å². The standard InChI is InChI=1S/C12H14ClNO5S/c13-8-1-2-11(10(7-8)12(15)16)14-20(17,18)9-3-5-19-6-4-9/h1-2,7,9,14H,3-6H2,(H,15,16). The Morgan fingerprint density at radius 1 is 1.35 bits per heavy atom. The van der Waals surface area contributed by atoms with Crippen LogP contribution in [-0.2, 0) is 14.8 Å². The first-order valence-corrected chi connectivity index (χ1v) is 7.95. The number of hydrogen-bond donors (Lipinski definition) is 2. The number of benzene rings is 1. The van der Waals surface area contributed by atoms with Gasteiger partial charge in [0, 0.05) is 18.2 Å². The predicted octanol–water partition coefficient (Wildman–Crippen LogP) is 1.96. The van der Waals surface area contributed by atoms with E-state index in [-0.39, 0.29) is 16.3 Å². The Kier molecular flexibility index (Phi) is 4.52. The molecule has 1 saturated heterocycles. The Morgan fingerprint density at radius 3 is 2.60 bits per heavy atom. The Balaban J connectivity index is 2.27. The summed E-state index contributed by atoms with van der Waals surface area (Å²) < 4.78 is 31.9. The van der Waals surface area contributed by atoms with Gasteiger partial charge in [0.15, 0.2) is 0 Å². The predicted molar refractivity (Wildman–Crippen MR) is 74.8 cm³/mol. The van der Waals surface area contributed by atoms with Gasteiger partial charge < -0.3 is 9.84 Å². The molecule has 1 heterocycles. The van der Waals surface area contributed by atoms with E-state index < -0.39 is 21.2 Å². The minimum atomic E-state index is -3.64. The minimum absolute atomic E-state index is 0.0217. The first kappa shape index (κ1) is 15.1. The fraction of sp³-hybridized carbons (Fsp3) is 0.417. The lowest BCUT2D eigenvalue weighted by Gasteiger charge is -2.23. The van der Waals surface area contributed by atoms with Crippen LogP contribution in [0.4, 0.5) is 5.69 Å². The number of rotatable bonds is 4. The third-order valence-corrected chi connectivity index (χ3v) is 5.16. The molecule has 6 nitrogen and oxygen atoms in total. The molecule has 1 aliphatic heterocycles. The summed E-state index contributed by atoms with van der Waals surface area (Å²) >= 11 is 5.72. The summed E-state index contributed by atoms with van der Waals surface area (Å²) in [7, 11) is -3.64. The largest absolute Gasteiger partial charge is 0.478 e. The second-order valence-electron chi connectivity index (χ2n) is 4.45. The summed E-state index contributed by atoms with van der Waals surface area (Å²) in [5.74, 6) is -1.24. The van der Waals surface area contributed by atoms with Gasteiger partial charge in [0.1, 0.15) is 0 Å². The zero-order chi connectivity index (χ0) is 14.8. The van der Waals surface area contributed by atoms with E-state index in [0.29, 0.717) is 26.1 Å². The number of sulfonamides is 1. The van der Waals surface area contributed by atoms with Crippen LogP contribution in [0.15, 0.2) is 18.2 Å².